The molecule has 0 heterocycles. The van der Waals surface area contributed by atoms with Gasteiger partial charge in [0.25, 0.3) is 0 Å². The van der Waals surface area contributed by atoms with Gasteiger partial charge in [-0.3, -0.25) is 0 Å². The molecule has 0 aromatic carbocycles. The van der Waals surface area contributed by atoms with E-state index in [9.17, 15) is 0 Å². The highest BCUT2D eigenvalue weighted by molar-refractivity contribution is 8.21. The van der Waals surface area contributed by atoms with Crippen LogP contribution in [0.2, 0.25) is 0 Å². The van der Waals surface area contributed by atoms with E-state index in [1.165, 1.54) is 19.6 Å². The van der Waals surface area contributed by atoms with Gasteiger partial charge in [-0.25, -0.2) is 0 Å². The first-order valence-corrected chi connectivity index (χ1v) is 6.85. The van der Waals surface area contributed by atoms with Crippen molar-refractivity contribution in [1.82, 2.24) is 0 Å². The summed E-state index contributed by atoms with van der Waals surface area (Å²) in [5, 5.41) is 0. The Hall–Kier alpha value is 0.524. The highest BCUT2D eigenvalue weighted by atomic mass is 32.4. The van der Waals surface area contributed by atoms with Crippen molar-refractivity contribution in [1.29, 1.82) is 0 Å². The zero-order chi connectivity index (χ0) is 4.99. The minimum absolute atomic E-state index is 0.816. The van der Waals surface area contributed by atoms with E-state index in [0.717, 1.165) is 4.87 Å². The van der Waals surface area contributed by atoms with Gasteiger partial charge in [0.05, 0.1) is 9.39 Å². The molecular weight excluding hydrogens is 124 g/mol. The van der Waals surface area contributed by atoms with E-state index >= 15 is 0 Å². The van der Waals surface area contributed by atoms with Crippen LogP contribution in [0.1, 0.15) is 0 Å². The highest BCUT2D eigenvalue weighted by Gasteiger charge is 1.84. The smallest absolute Gasteiger partial charge is 0.0697 e. The Morgan fingerprint density at radius 3 is 2.33 bits per heavy atom. The topological polar surface area (TPSA) is 0 Å². The maximum Gasteiger partial charge on any atom is 0.0697 e. The van der Waals surface area contributed by atoms with Crippen molar-refractivity contribution in [2.75, 3.05) is 0 Å². The SMILES string of the molecule is C=CC([SiH3])S[SiH3]. The second-order valence-electron chi connectivity index (χ2n) is 1.18. The van der Waals surface area contributed by atoms with E-state index in [1.54, 1.807) is 0 Å². The van der Waals surface area contributed by atoms with E-state index in [0.29, 0.717) is 0 Å². The third-order valence-electron chi connectivity index (χ3n) is 0.704. The molecule has 0 radical (unpaired) electrons. The van der Waals surface area contributed by atoms with Gasteiger partial charge in [-0.2, -0.15) is 11.2 Å². The Morgan fingerprint density at radius 2 is 2.33 bits per heavy atom. The molecule has 0 bridgehead atoms. The van der Waals surface area contributed by atoms with Crippen LogP contribution >= 0.6 is 11.2 Å². The zero-order valence-electron chi connectivity index (χ0n) is 4.27. The molecule has 0 amide bonds. The molecule has 3 heteroatoms. The van der Waals surface area contributed by atoms with Crippen LogP contribution in [0.5, 0.6) is 0 Å². The molecular formula is C3H10SSi2. The van der Waals surface area contributed by atoms with Crippen molar-refractivity contribution in [2.45, 2.75) is 4.87 Å². The van der Waals surface area contributed by atoms with Crippen LogP contribution in [-0.4, -0.2) is 24.5 Å². The third kappa shape index (κ3) is 2.74. The molecule has 0 aromatic rings. The second-order valence-corrected chi connectivity index (χ2v) is 5.89. The minimum atomic E-state index is 0.816. The van der Waals surface area contributed by atoms with Gasteiger partial charge in [0.1, 0.15) is 0 Å². The molecule has 0 aliphatic heterocycles. The molecule has 0 saturated carbocycles. The first-order valence-electron chi connectivity index (χ1n) is 1.96. The summed E-state index contributed by atoms with van der Waals surface area (Å²) in [4.78, 5) is 0.816. The molecule has 1 atom stereocenters. The normalized spacial score (nSPS) is 14.7. The summed E-state index contributed by atoms with van der Waals surface area (Å²) < 4.78 is 0. The quantitative estimate of drug-likeness (QED) is 0.340. The Bertz CT molecular complexity index is 46.1. The van der Waals surface area contributed by atoms with E-state index in [-0.39, 0.29) is 0 Å². The Morgan fingerprint density at radius 1 is 1.83 bits per heavy atom. The lowest BCUT2D eigenvalue weighted by Crippen LogP contribution is -1.92. The van der Waals surface area contributed by atoms with Crippen molar-refractivity contribution >= 4 is 30.8 Å². The van der Waals surface area contributed by atoms with Crippen molar-refractivity contribution < 1.29 is 0 Å². The Labute approximate surface area is 48.9 Å². The second kappa shape index (κ2) is 3.70. The van der Waals surface area contributed by atoms with Crippen molar-refractivity contribution in [2.24, 2.45) is 0 Å². The Balaban J connectivity index is 2.96. The lowest BCUT2D eigenvalue weighted by molar-refractivity contribution is 1.67. The van der Waals surface area contributed by atoms with Crippen molar-refractivity contribution in [3.8, 4) is 0 Å². The van der Waals surface area contributed by atoms with E-state index in [4.69, 9.17) is 0 Å². The summed E-state index contributed by atoms with van der Waals surface area (Å²) in [5.41, 5.74) is 0. The zero-order valence-corrected chi connectivity index (χ0v) is 9.09. The van der Waals surface area contributed by atoms with Gasteiger partial charge in [-0.05, 0) is 4.87 Å². The summed E-state index contributed by atoms with van der Waals surface area (Å²) in [7, 11) is 2.53. The number of hydrogen-bond donors (Lipinski definition) is 0. The van der Waals surface area contributed by atoms with Gasteiger partial charge in [0.15, 0.2) is 0 Å². The molecule has 0 saturated heterocycles. The lowest BCUT2D eigenvalue weighted by Gasteiger charge is -1.94. The monoisotopic (exact) mass is 134 g/mol. The molecule has 0 aliphatic carbocycles. The summed E-state index contributed by atoms with van der Waals surface area (Å²) in [5.74, 6) is 0. The van der Waals surface area contributed by atoms with Gasteiger partial charge in [-0.15, -0.1) is 6.58 Å². The molecule has 0 fully saturated rings. The summed E-state index contributed by atoms with van der Waals surface area (Å²) >= 11 is 2.01. The fourth-order valence-corrected chi connectivity index (χ4v) is 0.866. The maximum absolute atomic E-state index is 3.67. The van der Waals surface area contributed by atoms with Crippen LogP contribution in [0, 0.1) is 0 Å². The largest absolute Gasteiger partial charge is 0.195 e. The fraction of sp³-hybridized carbons (Fsp3) is 0.333. The molecule has 36 valence electrons. The van der Waals surface area contributed by atoms with Crippen LogP contribution in [0.15, 0.2) is 12.7 Å². The fourth-order valence-electron chi connectivity index (χ4n) is 0.0962. The average molecular weight is 134 g/mol. The van der Waals surface area contributed by atoms with Crippen LogP contribution in [-0.2, 0) is 0 Å². The standard InChI is InChI=1S/C3H10SSi2/c1-2-3(5)4-6/h2-3H,1H2,5-6H3. The van der Waals surface area contributed by atoms with Gasteiger partial charge >= 0.3 is 0 Å². The molecule has 0 aromatic heterocycles. The molecule has 1 unspecified atom stereocenters. The molecule has 6 heavy (non-hydrogen) atoms. The van der Waals surface area contributed by atoms with Gasteiger partial charge in [0.2, 0.25) is 0 Å². The first kappa shape index (κ1) is 6.52. The van der Waals surface area contributed by atoms with Gasteiger partial charge < -0.3 is 0 Å². The molecule has 0 N–H and O–H groups in total. The van der Waals surface area contributed by atoms with Crippen LogP contribution in [0.25, 0.3) is 0 Å². The average Bonchev–Trinajstić information content (AvgIpc) is 1.65. The predicted octanol–water partition coefficient (Wildman–Crippen LogP) is -1.12. The summed E-state index contributed by atoms with van der Waals surface area (Å²) in [6.45, 7) is 3.67. The molecule has 0 spiro atoms. The third-order valence-corrected chi connectivity index (χ3v) is 8.58. The first-order chi connectivity index (χ1) is 2.81. The van der Waals surface area contributed by atoms with Crippen LogP contribution in [0.3, 0.4) is 0 Å². The summed E-state index contributed by atoms with van der Waals surface area (Å²) in [6.07, 6.45) is 2.03. The Kier molecular flexibility index (Phi) is 4.03. The molecule has 0 nitrogen and oxygen atoms in total. The van der Waals surface area contributed by atoms with Gasteiger partial charge in [0, 0.05) is 10.2 Å². The van der Waals surface area contributed by atoms with E-state index < -0.39 is 0 Å². The van der Waals surface area contributed by atoms with Crippen LogP contribution in [0.4, 0.5) is 0 Å². The predicted molar refractivity (Wildman–Crippen MR) is 41.5 cm³/mol. The van der Waals surface area contributed by atoms with Gasteiger partial charge in [-0.1, -0.05) is 6.08 Å². The highest BCUT2D eigenvalue weighted by Crippen LogP contribution is 1.98. The van der Waals surface area contributed by atoms with Crippen LogP contribution < -0.4 is 0 Å². The van der Waals surface area contributed by atoms with E-state index in [1.807, 2.05) is 17.3 Å². The van der Waals surface area contributed by atoms with E-state index in [2.05, 4.69) is 6.58 Å². The number of rotatable bonds is 2. The van der Waals surface area contributed by atoms with Crippen molar-refractivity contribution in [3.63, 3.8) is 0 Å². The lowest BCUT2D eigenvalue weighted by atomic mass is 10.8. The minimum Gasteiger partial charge on any atom is -0.195 e. The molecule has 0 aliphatic rings. The van der Waals surface area contributed by atoms with Crippen molar-refractivity contribution in [3.05, 3.63) is 12.7 Å². The number of hydrogen-bond acceptors (Lipinski definition) is 1. The maximum atomic E-state index is 3.67. The molecule has 0 rings (SSSR count). The summed E-state index contributed by atoms with van der Waals surface area (Å²) in [6, 6.07) is 0.